The topological polar surface area (TPSA) is 78.4 Å². The van der Waals surface area contributed by atoms with Crippen LogP contribution in [-0.4, -0.2) is 66.6 Å². The molecular formula is C24H45NO6. The normalized spacial score (nSPS) is 34.5. The zero-order chi connectivity index (χ0) is 22.5. The van der Waals surface area contributed by atoms with Crippen molar-refractivity contribution in [3.63, 3.8) is 0 Å². The van der Waals surface area contributed by atoms with Gasteiger partial charge in [-0.2, -0.15) is 0 Å². The van der Waals surface area contributed by atoms with Crippen molar-refractivity contribution in [3.05, 3.63) is 0 Å². The summed E-state index contributed by atoms with van der Waals surface area (Å²) < 4.78 is 30.4. The van der Waals surface area contributed by atoms with Crippen LogP contribution >= 0.6 is 0 Å². The average Bonchev–Trinajstić information content (AvgIpc) is 3.18. The van der Waals surface area contributed by atoms with Gasteiger partial charge in [0.15, 0.2) is 17.9 Å². The molecule has 182 valence electrons. The Kier molecular flexibility index (Phi) is 9.18. The lowest BCUT2D eigenvalue weighted by molar-refractivity contribution is -0.232. The van der Waals surface area contributed by atoms with Crippen LogP contribution in [0.5, 0.6) is 0 Å². The molecule has 7 nitrogen and oxygen atoms in total. The number of aliphatic hydroxyl groups excluding tert-OH is 1. The van der Waals surface area contributed by atoms with E-state index in [1.807, 2.05) is 27.7 Å². The Morgan fingerprint density at radius 2 is 1.35 bits per heavy atom. The van der Waals surface area contributed by atoms with E-state index in [1.54, 1.807) is 0 Å². The highest BCUT2D eigenvalue weighted by molar-refractivity contribution is 5.00. The lowest BCUT2D eigenvalue weighted by Crippen LogP contribution is -2.57. The van der Waals surface area contributed by atoms with E-state index >= 15 is 0 Å². The molecule has 2 N–H and O–H groups in total. The molecule has 3 fully saturated rings. The molecule has 3 aliphatic heterocycles. The number of nitrogens with one attached hydrogen (secondary N) is 1. The highest BCUT2D eigenvalue weighted by Crippen LogP contribution is 2.43. The van der Waals surface area contributed by atoms with Crippen molar-refractivity contribution < 1.29 is 28.8 Å². The molecule has 1 unspecified atom stereocenters. The summed E-state index contributed by atoms with van der Waals surface area (Å²) in [6.07, 6.45) is 9.27. The Balaban J connectivity index is 1.36. The smallest absolute Gasteiger partial charge is 0.190 e. The molecule has 0 saturated carbocycles. The van der Waals surface area contributed by atoms with Gasteiger partial charge in [-0.3, -0.25) is 0 Å². The van der Waals surface area contributed by atoms with Crippen LogP contribution in [0.15, 0.2) is 0 Å². The van der Waals surface area contributed by atoms with Crippen molar-refractivity contribution in [2.75, 3.05) is 13.1 Å². The van der Waals surface area contributed by atoms with E-state index in [-0.39, 0.29) is 30.5 Å². The number of fused-ring (bicyclic) bond motifs is 3. The molecule has 0 bridgehead atoms. The Morgan fingerprint density at radius 1 is 0.774 bits per heavy atom. The average molecular weight is 444 g/mol. The number of unbranched alkanes of at least 4 members (excludes halogenated alkanes) is 7. The first-order valence-electron chi connectivity index (χ1n) is 12.5. The number of aliphatic hydroxyl groups is 1. The molecule has 0 aliphatic carbocycles. The zero-order valence-electron chi connectivity index (χ0n) is 20.2. The minimum absolute atomic E-state index is 0.221. The lowest BCUT2D eigenvalue weighted by Gasteiger charge is -2.37. The van der Waals surface area contributed by atoms with Crippen LogP contribution in [0.3, 0.4) is 0 Å². The van der Waals surface area contributed by atoms with E-state index < -0.39 is 17.9 Å². The molecule has 0 aromatic heterocycles. The predicted octanol–water partition coefficient (Wildman–Crippen LogP) is 3.86. The van der Waals surface area contributed by atoms with E-state index in [9.17, 15) is 5.11 Å². The van der Waals surface area contributed by atoms with Crippen LogP contribution in [0, 0.1) is 0 Å². The quantitative estimate of drug-likeness (QED) is 0.419. The SMILES string of the molecule is CCCCCCCCCCC(O)CNC[C@@H]1O[C@@H]2OC(C)(C)O[C@@H]2[C@H]2OC(C)(C)O[C@H]21. The highest BCUT2D eigenvalue weighted by atomic mass is 16.9. The molecule has 0 spiro atoms. The van der Waals surface area contributed by atoms with Crippen molar-refractivity contribution in [2.24, 2.45) is 0 Å². The molecule has 3 saturated heterocycles. The molecule has 31 heavy (non-hydrogen) atoms. The van der Waals surface area contributed by atoms with Crippen molar-refractivity contribution in [1.82, 2.24) is 5.32 Å². The first-order valence-corrected chi connectivity index (χ1v) is 12.5. The third kappa shape index (κ3) is 7.36. The third-order valence-electron chi connectivity index (χ3n) is 6.37. The summed E-state index contributed by atoms with van der Waals surface area (Å²) in [4.78, 5) is 0. The molecule has 3 rings (SSSR count). The van der Waals surface area contributed by atoms with E-state index in [0.29, 0.717) is 13.1 Å². The summed E-state index contributed by atoms with van der Waals surface area (Å²) in [6, 6.07) is 0. The van der Waals surface area contributed by atoms with Gasteiger partial charge in [0.2, 0.25) is 0 Å². The van der Waals surface area contributed by atoms with Gasteiger partial charge in [-0.05, 0) is 34.1 Å². The summed E-state index contributed by atoms with van der Waals surface area (Å²) in [5, 5.41) is 13.7. The van der Waals surface area contributed by atoms with Gasteiger partial charge in [0.1, 0.15) is 24.4 Å². The van der Waals surface area contributed by atoms with Gasteiger partial charge in [0.25, 0.3) is 0 Å². The molecule has 3 aliphatic rings. The van der Waals surface area contributed by atoms with Gasteiger partial charge in [-0.15, -0.1) is 0 Å². The first kappa shape index (κ1) is 25.3. The van der Waals surface area contributed by atoms with Gasteiger partial charge in [0, 0.05) is 13.1 Å². The summed E-state index contributed by atoms with van der Waals surface area (Å²) in [5.74, 6) is -1.39. The number of hydrogen-bond acceptors (Lipinski definition) is 7. The van der Waals surface area contributed by atoms with Gasteiger partial charge < -0.3 is 34.1 Å². The fraction of sp³-hybridized carbons (Fsp3) is 1.00. The molecule has 7 heteroatoms. The van der Waals surface area contributed by atoms with E-state index in [2.05, 4.69) is 12.2 Å². The second kappa shape index (κ2) is 11.2. The molecule has 6 atom stereocenters. The minimum Gasteiger partial charge on any atom is -0.392 e. The highest BCUT2D eigenvalue weighted by Gasteiger charge is 2.60. The third-order valence-corrected chi connectivity index (χ3v) is 6.37. The Hall–Kier alpha value is -0.280. The van der Waals surface area contributed by atoms with Gasteiger partial charge >= 0.3 is 0 Å². The molecule has 0 aromatic carbocycles. The van der Waals surface area contributed by atoms with Gasteiger partial charge in [0.05, 0.1) is 6.10 Å². The first-order chi connectivity index (χ1) is 14.7. The number of ether oxygens (including phenoxy) is 5. The van der Waals surface area contributed by atoms with Crippen LogP contribution in [0.1, 0.15) is 92.4 Å². The van der Waals surface area contributed by atoms with Crippen LogP contribution < -0.4 is 5.32 Å². The van der Waals surface area contributed by atoms with Crippen molar-refractivity contribution >= 4 is 0 Å². The second-order valence-corrected chi connectivity index (χ2v) is 10.3. The van der Waals surface area contributed by atoms with E-state index in [4.69, 9.17) is 23.7 Å². The molecule has 3 heterocycles. The summed E-state index contributed by atoms with van der Waals surface area (Å²) >= 11 is 0. The molecular weight excluding hydrogens is 398 g/mol. The summed E-state index contributed by atoms with van der Waals surface area (Å²) in [7, 11) is 0. The summed E-state index contributed by atoms with van der Waals surface area (Å²) in [6.45, 7) is 11.0. The van der Waals surface area contributed by atoms with Crippen LogP contribution in [0.25, 0.3) is 0 Å². The van der Waals surface area contributed by atoms with E-state index in [1.165, 1.54) is 44.9 Å². The lowest BCUT2D eigenvalue weighted by atomic mass is 9.99. The molecule has 0 amide bonds. The minimum atomic E-state index is -0.704. The van der Waals surface area contributed by atoms with Crippen LogP contribution in [0.4, 0.5) is 0 Å². The predicted molar refractivity (Wildman–Crippen MR) is 119 cm³/mol. The standard InChI is InChI=1S/C24H45NO6/c1-6-7-8-9-10-11-12-13-14-17(26)15-25-16-18-19-20(29-23(2,3)28-19)21-22(27-18)31-24(4,5)30-21/h17-22,25-26H,6-16H2,1-5H3/t17?,18-,19-,20-,21+,22+/m0/s1. The zero-order valence-corrected chi connectivity index (χ0v) is 20.2. The largest absolute Gasteiger partial charge is 0.392 e. The van der Waals surface area contributed by atoms with E-state index in [0.717, 1.165) is 12.8 Å². The van der Waals surface area contributed by atoms with Crippen molar-refractivity contribution in [3.8, 4) is 0 Å². The second-order valence-electron chi connectivity index (χ2n) is 10.3. The van der Waals surface area contributed by atoms with Crippen LogP contribution in [-0.2, 0) is 23.7 Å². The Bertz CT molecular complexity index is 542. The maximum Gasteiger partial charge on any atom is 0.190 e. The fourth-order valence-corrected chi connectivity index (χ4v) is 4.87. The maximum atomic E-state index is 10.3. The number of hydrogen-bond donors (Lipinski definition) is 2. The maximum absolute atomic E-state index is 10.3. The summed E-state index contributed by atoms with van der Waals surface area (Å²) in [5.41, 5.74) is 0. The monoisotopic (exact) mass is 443 g/mol. The Labute approximate surface area is 188 Å². The van der Waals surface area contributed by atoms with Gasteiger partial charge in [-0.25, -0.2) is 0 Å². The van der Waals surface area contributed by atoms with Gasteiger partial charge in [-0.1, -0.05) is 58.3 Å². The van der Waals surface area contributed by atoms with Crippen molar-refractivity contribution in [1.29, 1.82) is 0 Å². The van der Waals surface area contributed by atoms with Crippen molar-refractivity contribution in [2.45, 2.75) is 141 Å². The number of rotatable bonds is 13. The fourth-order valence-electron chi connectivity index (χ4n) is 4.87. The molecule has 0 aromatic rings. The molecule has 0 radical (unpaired) electrons. The Morgan fingerprint density at radius 3 is 2.06 bits per heavy atom. The van der Waals surface area contributed by atoms with Crippen LogP contribution in [0.2, 0.25) is 0 Å².